The Hall–Kier alpha value is -3.17. The summed E-state index contributed by atoms with van der Waals surface area (Å²) in [6.07, 6.45) is 5.97. The maximum atomic E-state index is 13.2. The normalized spacial score (nSPS) is 19.8. The van der Waals surface area contributed by atoms with E-state index in [0.717, 1.165) is 74.6 Å². The van der Waals surface area contributed by atoms with Gasteiger partial charge in [-0.05, 0) is 75.5 Å². The van der Waals surface area contributed by atoms with Gasteiger partial charge in [-0.15, -0.1) is 0 Å². The molecule has 2 amide bonds. The molecule has 9 nitrogen and oxygen atoms in total. The van der Waals surface area contributed by atoms with Gasteiger partial charge in [0.2, 0.25) is 11.8 Å². The molecular weight excluding hydrogens is 516 g/mol. The summed E-state index contributed by atoms with van der Waals surface area (Å²) < 4.78 is 6.29. The molecule has 0 radical (unpaired) electrons. The van der Waals surface area contributed by atoms with Crippen molar-refractivity contribution < 1.29 is 14.3 Å². The third-order valence-electron chi connectivity index (χ3n) is 8.47. The number of amides is 2. The zero-order valence-electron chi connectivity index (χ0n) is 25.3. The summed E-state index contributed by atoms with van der Waals surface area (Å²) in [4.78, 5) is 38.8. The molecule has 0 aliphatic carbocycles. The molecule has 1 aromatic carbocycles. The summed E-state index contributed by atoms with van der Waals surface area (Å²) in [6.45, 7) is 5.36. The van der Waals surface area contributed by atoms with Crippen molar-refractivity contribution in [1.82, 2.24) is 25.0 Å². The SMILES string of the molecule is CN(C)CCN(C)C(=O)C[C@@H]1CCN2C[C@@H]1CCCOc1ccc(N(C)CCc3ccccn3)cc1CNCC2=O. The lowest BCUT2D eigenvalue weighted by Gasteiger charge is -2.39. The molecular formula is C32H48N6O3. The van der Waals surface area contributed by atoms with Gasteiger partial charge in [-0.25, -0.2) is 0 Å². The number of likely N-dealkylation sites (N-methyl/N-ethyl adjacent to an activating group) is 3. The van der Waals surface area contributed by atoms with E-state index in [1.165, 1.54) is 0 Å². The number of nitrogens with zero attached hydrogens (tertiary/aromatic N) is 5. The smallest absolute Gasteiger partial charge is 0.236 e. The second-order valence-corrected chi connectivity index (χ2v) is 11.9. The van der Waals surface area contributed by atoms with E-state index >= 15 is 0 Å². The first kappa shape index (κ1) is 30.8. The molecule has 41 heavy (non-hydrogen) atoms. The Morgan fingerprint density at radius 1 is 1.07 bits per heavy atom. The number of piperidine rings is 1. The Labute approximate surface area is 245 Å². The Kier molecular flexibility index (Phi) is 11.4. The van der Waals surface area contributed by atoms with E-state index in [1.807, 2.05) is 49.3 Å². The largest absolute Gasteiger partial charge is 0.493 e. The van der Waals surface area contributed by atoms with E-state index in [9.17, 15) is 9.59 Å². The highest BCUT2D eigenvalue weighted by molar-refractivity contribution is 5.79. The van der Waals surface area contributed by atoms with Crippen molar-refractivity contribution in [2.75, 3.05) is 79.0 Å². The van der Waals surface area contributed by atoms with Crippen molar-refractivity contribution in [2.45, 2.75) is 38.6 Å². The van der Waals surface area contributed by atoms with Gasteiger partial charge < -0.3 is 29.7 Å². The fourth-order valence-corrected chi connectivity index (χ4v) is 5.74. The number of fused-ring (bicyclic) bond motifs is 3. The molecule has 0 saturated carbocycles. The van der Waals surface area contributed by atoms with Gasteiger partial charge in [-0.1, -0.05) is 6.07 Å². The van der Waals surface area contributed by atoms with E-state index in [0.29, 0.717) is 44.5 Å². The summed E-state index contributed by atoms with van der Waals surface area (Å²) >= 11 is 0. The number of rotatable bonds is 9. The third kappa shape index (κ3) is 9.16. The van der Waals surface area contributed by atoms with Crippen LogP contribution in [0.15, 0.2) is 42.6 Å². The lowest BCUT2D eigenvalue weighted by molar-refractivity contribution is -0.135. The molecule has 1 fully saturated rings. The predicted octanol–water partition coefficient (Wildman–Crippen LogP) is 2.90. The highest BCUT2D eigenvalue weighted by Gasteiger charge is 2.33. The number of hydrogen-bond donors (Lipinski definition) is 1. The number of benzene rings is 1. The molecule has 1 aromatic heterocycles. The van der Waals surface area contributed by atoms with Crippen LogP contribution in [0, 0.1) is 11.8 Å². The molecule has 2 bridgehead atoms. The van der Waals surface area contributed by atoms with Gasteiger partial charge in [0.15, 0.2) is 0 Å². The average Bonchev–Trinajstić information content (AvgIpc) is 2.98. The van der Waals surface area contributed by atoms with Crippen LogP contribution in [0.4, 0.5) is 5.69 Å². The van der Waals surface area contributed by atoms with Crippen molar-refractivity contribution in [1.29, 1.82) is 0 Å². The van der Waals surface area contributed by atoms with Crippen LogP contribution in [0.1, 0.15) is 36.9 Å². The first-order chi connectivity index (χ1) is 19.8. The maximum Gasteiger partial charge on any atom is 0.236 e. The van der Waals surface area contributed by atoms with Gasteiger partial charge in [0, 0.05) is 89.3 Å². The van der Waals surface area contributed by atoms with Crippen LogP contribution in [0.3, 0.4) is 0 Å². The summed E-state index contributed by atoms with van der Waals surface area (Å²) in [5.74, 6) is 1.80. The van der Waals surface area contributed by atoms with E-state index in [4.69, 9.17) is 4.74 Å². The van der Waals surface area contributed by atoms with Gasteiger partial charge in [-0.2, -0.15) is 0 Å². The van der Waals surface area contributed by atoms with E-state index in [1.54, 1.807) is 0 Å². The van der Waals surface area contributed by atoms with Gasteiger partial charge in [-0.3, -0.25) is 14.6 Å². The van der Waals surface area contributed by atoms with E-state index in [2.05, 4.69) is 51.4 Å². The molecule has 2 aliphatic heterocycles. The number of anilines is 1. The zero-order chi connectivity index (χ0) is 29.2. The van der Waals surface area contributed by atoms with Gasteiger partial charge in [0.05, 0.1) is 13.2 Å². The Balaban J connectivity index is 1.38. The molecule has 2 atom stereocenters. The molecule has 9 heteroatoms. The quantitative estimate of drug-likeness (QED) is 0.502. The monoisotopic (exact) mass is 564 g/mol. The number of ether oxygens (including phenoxy) is 1. The molecule has 4 rings (SSSR count). The molecule has 1 saturated heterocycles. The minimum atomic E-state index is 0.133. The van der Waals surface area contributed by atoms with Crippen LogP contribution >= 0.6 is 0 Å². The molecule has 0 unspecified atom stereocenters. The maximum absolute atomic E-state index is 13.2. The minimum Gasteiger partial charge on any atom is -0.493 e. The fourth-order valence-electron chi connectivity index (χ4n) is 5.74. The van der Waals surface area contributed by atoms with Crippen molar-refractivity contribution in [3.8, 4) is 5.75 Å². The van der Waals surface area contributed by atoms with Crippen LogP contribution in [0.25, 0.3) is 0 Å². The molecule has 2 aromatic rings. The highest BCUT2D eigenvalue weighted by atomic mass is 16.5. The zero-order valence-corrected chi connectivity index (χ0v) is 25.3. The Bertz CT molecular complexity index is 1130. The fraction of sp³-hybridized carbons (Fsp3) is 0.594. The molecule has 1 N–H and O–H groups in total. The Morgan fingerprint density at radius 2 is 1.93 bits per heavy atom. The van der Waals surface area contributed by atoms with Crippen LogP contribution in [0.2, 0.25) is 0 Å². The van der Waals surface area contributed by atoms with Gasteiger partial charge >= 0.3 is 0 Å². The average molecular weight is 565 g/mol. The second kappa shape index (κ2) is 15.2. The van der Waals surface area contributed by atoms with Crippen LogP contribution in [0.5, 0.6) is 5.75 Å². The first-order valence-electron chi connectivity index (χ1n) is 15.0. The molecule has 2 aliphatic rings. The van der Waals surface area contributed by atoms with Gasteiger partial charge in [0.1, 0.15) is 5.75 Å². The van der Waals surface area contributed by atoms with Crippen molar-refractivity contribution in [3.05, 3.63) is 53.9 Å². The number of hydrogen-bond acceptors (Lipinski definition) is 7. The molecule has 3 heterocycles. The minimum absolute atomic E-state index is 0.133. The third-order valence-corrected chi connectivity index (χ3v) is 8.47. The van der Waals surface area contributed by atoms with Crippen molar-refractivity contribution >= 4 is 17.5 Å². The summed E-state index contributed by atoms with van der Waals surface area (Å²) in [5.41, 5.74) is 3.25. The second-order valence-electron chi connectivity index (χ2n) is 11.9. The topological polar surface area (TPSA) is 81.2 Å². The number of carbonyl (C=O) groups is 2. The number of aromatic nitrogens is 1. The number of pyridine rings is 1. The summed E-state index contributed by atoms with van der Waals surface area (Å²) in [6, 6.07) is 12.3. The van der Waals surface area contributed by atoms with Crippen LogP contribution in [-0.4, -0.2) is 106 Å². The van der Waals surface area contributed by atoms with E-state index < -0.39 is 0 Å². The molecule has 0 spiro atoms. The van der Waals surface area contributed by atoms with E-state index in [-0.39, 0.29) is 11.8 Å². The lowest BCUT2D eigenvalue weighted by Crippen LogP contribution is -2.47. The number of carbonyl (C=O) groups excluding carboxylic acids is 2. The standard InChI is InChI=1S/C32H48N6O3/c1-35(2)17-18-37(4)31(39)21-25-12-16-38-24-26(25)8-7-19-41-30-11-10-29(20-27(30)22-33-23-32(38)40)36(3)15-13-28-9-5-6-14-34-28/h5-6,9-11,14,20,25-26,33H,7-8,12-13,15-19,21-24H2,1-4H3/t25-,26-/m0/s1. The summed E-state index contributed by atoms with van der Waals surface area (Å²) in [7, 11) is 8.04. The highest BCUT2D eigenvalue weighted by Crippen LogP contribution is 2.32. The molecule has 224 valence electrons. The van der Waals surface area contributed by atoms with Crippen molar-refractivity contribution in [3.63, 3.8) is 0 Å². The van der Waals surface area contributed by atoms with Gasteiger partial charge in [0.25, 0.3) is 0 Å². The van der Waals surface area contributed by atoms with Crippen molar-refractivity contribution in [2.24, 2.45) is 11.8 Å². The lowest BCUT2D eigenvalue weighted by atomic mass is 9.80. The Morgan fingerprint density at radius 3 is 2.71 bits per heavy atom. The van der Waals surface area contributed by atoms with Crippen LogP contribution < -0.4 is 15.0 Å². The predicted molar refractivity (Wildman–Crippen MR) is 163 cm³/mol. The summed E-state index contributed by atoms with van der Waals surface area (Å²) in [5, 5.41) is 3.37. The number of nitrogens with one attached hydrogen (secondary N) is 1. The first-order valence-corrected chi connectivity index (χ1v) is 15.0. The van der Waals surface area contributed by atoms with Crippen LogP contribution in [-0.2, 0) is 22.6 Å².